The molecule has 3 aliphatic heterocycles. The predicted molar refractivity (Wildman–Crippen MR) is 183 cm³/mol. The lowest BCUT2D eigenvalue weighted by atomic mass is 9.93. The molecule has 1 saturated carbocycles. The average molecular weight is 695 g/mol. The van der Waals surface area contributed by atoms with E-state index in [0.717, 1.165) is 31.2 Å². The van der Waals surface area contributed by atoms with Crippen LogP contribution in [0.5, 0.6) is 6.01 Å². The standard InChI is InChI=1S/C38H43F5N6O/c1-4-25-18-49-29(17-44-25)21(2)16-28-31-34(32(40)33(45-28)26-7-5-6-23-8-9-27(39)22(3)30(23)26)46-36(47-35(31)49)50-20-37(12-13-37)19-48-14-10-24(11-15-48)38(41,42)43/h5-9,21,24-25,29,44H,4,10-20H2,1-3H3/t21-,25+,29+/m0/s1. The number of ether oxygens (including phenoxy) is 1. The van der Waals surface area contributed by atoms with Crippen LogP contribution in [0.15, 0.2) is 30.3 Å². The Morgan fingerprint density at radius 3 is 2.52 bits per heavy atom. The molecule has 7 nitrogen and oxygen atoms in total. The van der Waals surface area contributed by atoms with Crippen LogP contribution in [0.1, 0.15) is 57.2 Å². The second kappa shape index (κ2) is 12.5. The summed E-state index contributed by atoms with van der Waals surface area (Å²) in [5.41, 5.74) is 1.70. The molecule has 1 N–H and O–H groups in total. The first kappa shape index (κ1) is 33.5. The topological polar surface area (TPSA) is 66.4 Å². The number of fused-ring (bicyclic) bond motifs is 3. The Hall–Kier alpha value is -3.64. The molecular weight excluding hydrogens is 651 g/mol. The van der Waals surface area contributed by atoms with E-state index in [1.165, 1.54) is 6.07 Å². The molecule has 0 spiro atoms. The third kappa shape index (κ3) is 5.95. The molecule has 4 aromatic rings. The summed E-state index contributed by atoms with van der Waals surface area (Å²) in [6, 6.07) is 9.03. The SMILES string of the molecule is CC[C@@H]1CN2c3nc(OCC4(CN5CCC(C(F)(F)F)CC5)CC4)nc4c(F)c(-c5cccc6ccc(F)c(C)c56)nc(c34)C[C@H](C)[C@H]2CN1. The fourth-order valence-electron chi connectivity index (χ4n) is 8.47. The molecule has 266 valence electrons. The van der Waals surface area contributed by atoms with E-state index < -0.39 is 17.9 Å². The number of aromatic nitrogens is 3. The van der Waals surface area contributed by atoms with E-state index in [4.69, 9.17) is 19.7 Å². The van der Waals surface area contributed by atoms with Crippen molar-refractivity contribution in [1.82, 2.24) is 25.2 Å². The minimum atomic E-state index is -4.15. The minimum absolute atomic E-state index is 0.0802. The summed E-state index contributed by atoms with van der Waals surface area (Å²) < 4.78 is 78.2. The maximum atomic E-state index is 17.1. The van der Waals surface area contributed by atoms with Crippen molar-refractivity contribution in [1.29, 1.82) is 0 Å². The lowest BCUT2D eigenvalue weighted by Crippen LogP contribution is -2.58. The second-order valence-corrected chi connectivity index (χ2v) is 15.1. The number of likely N-dealkylation sites (tertiary alicyclic amines) is 1. The lowest BCUT2D eigenvalue weighted by molar-refractivity contribution is -0.185. The summed E-state index contributed by atoms with van der Waals surface area (Å²) in [5, 5.41) is 5.66. The molecule has 1 aliphatic carbocycles. The summed E-state index contributed by atoms with van der Waals surface area (Å²) >= 11 is 0. The third-order valence-corrected chi connectivity index (χ3v) is 11.8. The highest BCUT2D eigenvalue weighted by Gasteiger charge is 2.47. The van der Waals surface area contributed by atoms with Crippen molar-refractivity contribution in [3.8, 4) is 17.3 Å². The van der Waals surface area contributed by atoms with Crippen molar-refractivity contribution in [2.75, 3.05) is 44.2 Å². The van der Waals surface area contributed by atoms with Gasteiger partial charge in [-0.3, -0.25) is 0 Å². The monoisotopic (exact) mass is 694 g/mol. The average Bonchev–Trinajstić information content (AvgIpc) is 3.89. The summed E-state index contributed by atoms with van der Waals surface area (Å²) in [7, 11) is 0. The second-order valence-electron chi connectivity index (χ2n) is 15.1. The van der Waals surface area contributed by atoms with Crippen molar-refractivity contribution in [2.45, 2.75) is 77.6 Å². The number of nitrogens with zero attached hydrogens (tertiary/aromatic N) is 5. The van der Waals surface area contributed by atoms with E-state index in [2.05, 4.69) is 29.0 Å². The number of benzene rings is 2. The summed E-state index contributed by atoms with van der Waals surface area (Å²) in [5.74, 6) is -1.43. The van der Waals surface area contributed by atoms with Crippen molar-refractivity contribution in [3.63, 3.8) is 0 Å². The van der Waals surface area contributed by atoms with Gasteiger partial charge in [0.25, 0.3) is 0 Å². The van der Waals surface area contributed by atoms with Crippen LogP contribution in [0.4, 0.5) is 27.8 Å². The van der Waals surface area contributed by atoms with Crippen LogP contribution in [0.2, 0.25) is 0 Å². The van der Waals surface area contributed by atoms with Gasteiger partial charge in [0.1, 0.15) is 22.8 Å². The van der Waals surface area contributed by atoms with Gasteiger partial charge < -0.3 is 19.9 Å². The molecule has 2 saturated heterocycles. The van der Waals surface area contributed by atoms with Crippen LogP contribution >= 0.6 is 0 Å². The number of alkyl halides is 3. The van der Waals surface area contributed by atoms with E-state index in [9.17, 15) is 17.6 Å². The molecule has 5 heterocycles. The molecule has 12 heteroatoms. The Labute approximate surface area is 288 Å². The Morgan fingerprint density at radius 2 is 1.80 bits per heavy atom. The summed E-state index contributed by atoms with van der Waals surface area (Å²) in [4.78, 5) is 19.1. The van der Waals surface area contributed by atoms with Gasteiger partial charge in [-0.2, -0.15) is 23.1 Å². The van der Waals surface area contributed by atoms with Gasteiger partial charge in [-0.15, -0.1) is 0 Å². The number of halogens is 5. The highest BCUT2D eigenvalue weighted by Crippen LogP contribution is 2.48. The van der Waals surface area contributed by atoms with Gasteiger partial charge in [0, 0.05) is 42.7 Å². The third-order valence-electron chi connectivity index (χ3n) is 11.8. The number of piperazine rings is 1. The van der Waals surface area contributed by atoms with Gasteiger partial charge in [-0.05, 0) is 86.9 Å². The molecule has 2 aromatic heterocycles. The van der Waals surface area contributed by atoms with E-state index in [1.807, 2.05) is 12.1 Å². The molecule has 2 aromatic carbocycles. The minimum Gasteiger partial charge on any atom is -0.463 e. The van der Waals surface area contributed by atoms with E-state index in [-0.39, 0.29) is 59.3 Å². The van der Waals surface area contributed by atoms with Gasteiger partial charge in [0.2, 0.25) is 0 Å². The van der Waals surface area contributed by atoms with Crippen LogP contribution in [-0.2, 0) is 6.42 Å². The van der Waals surface area contributed by atoms with Gasteiger partial charge >= 0.3 is 12.2 Å². The zero-order valence-corrected chi connectivity index (χ0v) is 28.7. The van der Waals surface area contributed by atoms with Crippen LogP contribution in [0.3, 0.4) is 0 Å². The van der Waals surface area contributed by atoms with E-state index in [0.29, 0.717) is 72.6 Å². The lowest BCUT2D eigenvalue weighted by Gasteiger charge is -2.42. The van der Waals surface area contributed by atoms with Crippen LogP contribution in [0.25, 0.3) is 32.9 Å². The van der Waals surface area contributed by atoms with Gasteiger partial charge in [0.15, 0.2) is 5.82 Å². The Kier molecular flexibility index (Phi) is 8.40. The first-order valence-electron chi connectivity index (χ1n) is 17.9. The Bertz CT molecular complexity index is 1940. The molecule has 0 bridgehead atoms. The molecule has 0 amide bonds. The number of nitrogens with one attached hydrogen (secondary N) is 1. The van der Waals surface area contributed by atoms with Crippen molar-refractivity contribution in [2.24, 2.45) is 17.3 Å². The largest absolute Gasteiger partial charge is 0.463 e. The molecule has 3 atom stereocenters. The van der Waals surface area contributed by atoms with Gasteiger partial charge in [-0.25, -0.2) is 13.8 Å². The fraction of sp³-hybridized carbons (Fsp3) is 0.553. The maximum Gasteiger partial charge on any atom is 0.391 e. The van der Waals surface area contributed by atoms with E-state index >= 15 is 4.39 Å². The normalized spacial score (nSPS) is 24.0. The highest BCUT2D eigenvalue weighted by molar-refractivity contribution is 6.01. The zero-order valence-electron chi connectivity index (χ0n) is 28.7. The quantitative estimate of drug-likeness (QED) is 0.200. The van der Waals surface area contributed by atoms with Gasteiger partial charge in [-0.1, -0.05) is 38.1 Å². The van der Waals surface area contributed by atoms with Crippen molar-refractivity contribution in [3.05, 3.63) is 53.2 Å². The Morgan fingerprint density at radius 1 is 1.02 bits per heavy atom. The zero-order chi connectivity index (χ0) is 34.9. The molecule has 8 rings (SSSR count). The number of hydrogen-bond donors (Lipinski definition) is 1. The van der Waals surface area contributed by atoms with Crippen LogP contribution in [-0.4, -0.2) is 77.4 Å². The smallest absolute Gasteiger partial charge is 0.391 e. The fourth-order valence-corrected chi connectivity index (χ4v) is 8.47. The molecule has 4 aliphatic rings. The molecule has 3 fully saturated rings. The molecule has 0 unspecified atom stereocenters. The van der Waals surface area contributed by atoms with Gasteiger partial charge in [0.05, 0.1) is 23.6 Å². The summed E-state index contributed by atoms with van der Waals surface area (Å²) in [6.07, 6.45) is -0.620. The van der Waals surface area contributed by atoms with Crippen LogP contribution in [0, 0.1) is 35.8 Å². The number of aryl methyl sites for hydroxylation is 1. The van der Waals surface area contributed by atoms with Crippen molar-refractivity contribution >= 4 is 27.5 Å². The molecule has 0 radical (unpaired) electrons. The molecular formula is C38H43F5N6O. The first-order chi connectivity index (χ1) is 23.9. The Balaban J connectivity index is 1.19. The number of pyridine rings is 1. The molecule has 50 heavy (non-hydrogen) atoms. The van der Waals surface area contributed by atoms with Crippen molar-refractivity contribution < 1.29 is 26.7 Å². The number of rotatable bonds is 7. The number of hydrogen-bond acceptors (Lipinski definition) is 7. The number of anilines is 1. The van der Waals surface area contributed by atoms with E-state index in [1.54, 1.807) is 19.1 Å². The summed E-state index contributed by atoms with van der Waals surface area (Å²) in [6.45, 7) is 9.23. The maximum absolute atomic E-state index is 17.1. The number of piperidine rings is 1. The highest BCUT2D eigenvalue weighted by atomic mass is 19.4. The first-order valence-corrected chi connectivity index (χ1v) is 17.9. The van der Waals surface area contributed by atoms with Crippen LogP contribution < -0.4 is 15.0 Å². The predicted octanol–water partition coefficient (Wildman–Crippen LogP) is 7.61.